The molecule has 2 nitrogen and oxygen atoms in total. The van der Waals surface area contributed by atoms with E-state index in [9.17, 15) is 4.79 Å². The van der Waals surface area contributed by atoms with Crippen LogP contribution in [0.4, 0.5) is 0 Å². The van der Waals surface area contributed by atoms with Crippen LogP contribution in [0.25, 0.3) is 0 Å². The second kappa shape index (κ2) is 5.72. The summed E-state index contributed by atoms with van der Waals surface area (Å²) in [7, 11) is 0. The molecule has 0 aliphatic carbocycles. The van der Waals surface area contributed by atoms with Gasteiger partial charge in [0.25, 0.3) is 0 Å². The zero-order chi connectivity index (χ0) is 12.1. The normalized spacial score (nSPS) is 10.2. The van der Waals surface area contributed by atoms with Crippen LogP contribution in [0.1, 0.15) is 41.3 Å². The number of thiocyanates is 1. The Morgan fingerprint density at radius 3 is 2.75 bits per heavy atom. The number of Topliss-reactive ketones (excluding diaryl/α,β-unsaturated/α-hetero) is 1. The third kappa shape index (κ3) is 3.11. The van der Waals surface area contributed by atoms with E-state index >= 15 is 0 Å². The first-order valence-electron chi connectivity index (χ1n) is 5.21. The van der Waals surface area contributed by atoms with Crippen molar-refractivity contribution in [3.05, 3.63) is 34.9 Å². The lowest BCUT2D eigenvalue weighted by atomic mass is 9.96. The lowest BCUT2D eigenvalue weighted by Gasteiger charge is -2.09. The number of benzene rings is 1. The second-order valence-electron chi connectivity index (χ2n) is 4.03. The molecule has 1 rings (SSSR count). The number of hydrogen-bond acceptors (Lipinski definition) is 3. The van der Waals surface area contributed by atoms with E-state index in [1.165, 1.54) is 0 Å². The van der Waals surface area contributed by atoms with Crippen LogP contribution in [0.3, 0.4) is 0 Å². The molecule has 0 bridgehead atoms. The van der Waals surface area contributed by atoms with E-state index in [1.54, 1.807) is 0 Å². The summed E-state index contributed by atoms with van der Waals surface area (Å²) in [6.45, 7) is 6.13. The molecule has 0 unspecified atom stereocenters. The first-order valence-corrected chi connectivity index (χ1v) is 6.19. The Labute approximate surface area is 101 Å². The van der Waals surface area contributed by atoms with Gasteiger partial charge in [-0.1, -0.05) is 26.0 Å². The molecule has 0 amide bonds. The maximum atomic E-state index is 11.8. The van der Waals surface area contributed by atoms with Gasteiger partial charge in [-0.15, -0.1) is 0 Å². The summed E-state index contributed by atoms with van der Waals surface area (Å²) in [5.41, 5.74) is 2.89. The molecule has 0 radical (unpaired) electrons. The van der Waals surface area contributed by atoms with Gasteiger partial charge in [0, 0.05) is 5.56 Å². The number of ketones is 1. The summed E-state index contributed by atoms with van der Waals surface area (Å²) in [6.07, 6.45) is 0. The zero-order valence-electron chi connectivity index (χ0n) is 9.78. The highest BCUT2D eigenvalue weighted by molar-refractivity contribution is 8.04. The maximum Gasteiger partial charge on any atom is 0.174 e. The Hall–Kier alpha value is -1.27. The SMILES string of the molecule is Cc1ccc(C(C)C)cc1C(=O)CSC#N. The van der Waals surface area contributed by atoms with Crippen molar-refractivity contribution in [3.8, 4) is 5.40 Å². The Balaban J connectivity index is 2.98. The number of carbonyl (C=O) groups excluding carboxylic acids is 1. The minimum atomic E-state index is 0.0338. The van der Waals surface area contributed by atoms with Crippen molar-refractivity contribution in [1.29, 1.82) is 5.26 Å². The van der Waals surface area contributed by atoms with Gasteiger partial charge in [0.15, 0.2) is 5.78 Å². The Bertz CT molecular complexity index is 432. The molecule has 0 fully saturated rings. The number of nitrogens with zero attached hydrogens (tertiary/aromatic N) is 1. The maximum absolute atomic E-state index is 11.8. The Kier molecular flexibility index (Phi) is 4.57. The molecule has 3 heteroatoms. The van der Waals surface area contributed by atoms with Gasteiger partial charge in [-0.2, -0.15) is 5.26 Å². The van der Waals surface area contributed by atoms with Gasteiger partial charge in [-0.05, 0) is 41.8 Å². The van der Waals surface area contributed by atoms with Crippen LogP contribution in [-0.2, 0) is 0 Å². The molecule has 1 aromatic carbocycles. The Morgan fingerprint density at radius 1 is 1.50 bits per heavy atom. The van der Waals surface area contributed by atoms with E-state index in [2.05, 4.69) is 13.8 Å². The minimum absolute atomic E-state index is 0.0338. The third-order valence-corrected chi connectivity index (χ3v) is 3.03. The molecule has 0 atom stereocenters. The van der Waals surface area contributed by atoms with Crippen molar-refractivity contribution in [3.63, 3.8) is 0 Å². The van der Waals surface area contributed by atoms with Crippen LogP contribution < -0.4 is 0 Å². The average molecular weight is 233 g/mol. The predicted molar refractivity (Wildman–Crippen MR) is 67.7 cm³/mol. The Morgan fingerprint density at radius 2 is 2.19 bits per heavy atom. The van der Waals surface area contributed by atoms with Crippen molar-refractivity contribution < 1.29 is 4.79 Å². The standard InChI is InChI=1S/C13H15NOS/c1-9(2)11-5-4-10(3)12(6-11)13(15)7-16-8-14/h4-6,9H,7H2,1-3H3. The fraction of sp³-hybridized carbons (Fsp3) is 0.385. The summed E-state index contributed by atoms with van der Waals surface area (Å²) < 4.78 is 0. The summed E-state index contributed by atoms with van der Waals surface area (Å²) in [5, 5.41) is 10.4. The molecule has 0 N–H and O–H groups in total. The van der Waals surface area contributed by atoms with E-state index in [0.29, 0.717) is 5.92 Å². The van der Waals surface area contributed by atoms with Crippen LogP contribution in [0.5, 0.6) is 0 Å². The van der Waals surface area contributed by atoms with Gasteiger partial charge in [0.2, 0.25) is 0 Å². The highest BCUT2D eigenvalue weighted by Crippen LogP contribution is 2.19. The lowest BCUT2D eigenvalue weighted by Crippen LogP contribution is -2.05. The molecule has 0 saturated carbocycles. The number of carbonyl (C=O) groups is 1. The molecule has 0 aliphatic rings. The molecule has 0 aromatic heterocycles. The number of rotatable bonds is 4. The lowest BCUT2D eigenvalue weighted by molar-refractivity contribution is 0.102. The van der Waals surface area contributed by atoms with Crippen LogP contribution >= 0.6 is 11.8 Å². The van der Waals surface area contributed by atoms with E-state index in [-0.39, 0.29) is 11.5 Å². The third-order valence-electron chi connectivity index (χ3n) is 2.50. The summed E-state index contributed by atoms with van der Waals surface area (Å²) in [6, 6.07) is 5.97. The summed E-state index contributed by atoms with van der Waals surface area (Å²) in [4.78, 5) is 11.8. The molecular weight excluding hydrogens is 218 g/mol. The first kappa shape index (κ1) is 12.8. The fourth-order valence-electron chi connectivity index (χ4n) is 1.47. The molecule has 0 heterocycles. The van der Waals surface area contributed by atoms with Gasteiger partial charge >= 0.3 is 0 Å². The van der Waals surface area contributed by atoms with Crippen LogP contribution in [-0.4, -0.2) is 11.5 Å². The van der Waals surface area contributed by atoms with Crippen molar-refractivity contribution in [1.82, 2.24) is 0 Å². The number of nitriles is 1. The average Bonchev–Trinajstić information content (AvgIpc) is 2.26. The molecule has 16 heavy (non-hydrogen) atoms. The second-order valence-corrected chi connectivity index (χ2v) is 4.79. The number of thioether (sulfide) groups is 1. The smallest absolute Gasteiger partial charge is 0.174 e. The van der Waals surface area contributed by atoms with Gasteiger partial charge in [-0.3, -0.25) is 4.79 Å². The van der Waals surface area contributed by atoms with Crippen molar-refractivity contribution >= 4 is 17.5 Å². The van der Waals surface area contributed by atoms with Crippen molar-refractivity contribution in [2.75, 3.05) is 5.75 Å². The first-order chi connectivity index (χ1) is 7.56. The number of aryl methyl sites for hydroxylation is 1. The summed E-state index contributed by atoms with van der Waals surface area (Å²) in [5.74, 6) is 0.682. The molecular formula is C13H15NOS. The monoisotopic (exact) mass is 233 g/mol. The van der Waals surface area contributed by atoms with Gasteiger partial charge in [-0.25, -0.2) is 0 Å². The quantitative estimate of drug-likeness (QED) is 0.590. The minimum Gasteiger partial charge on any atom is -0.293 e. The van der Waals surface area contributed by atoms with Gasteiger partial charge in [0.05, 0.1) is 5.75 Å². The number of hydrogen-bond donors (Lipinski definition) is 0. The topological polar surface area (TPSA) is 40.9 Å². The van der Waals surface area contributed by atoms with E-state index in [0.717, 1.165) is 28.5 Å². The van der Waals surface area contributed by atoms with Crippen LogP contribution in [0.2, 0.25) is 0 Å². The summed E-state index contributed by atoms with van der Waals surface area (Å²) >= 11 is 0.990. The van der Waals surface area contributed by atoms with E-state index in [1.807, 2.05) is 30.5 Å². The molecule has 84 valence electrons. The van der Waals surface area contributed by atoms with Crippen molar-refractivity contribution in [2.24, 2.45) is 0 Å². The zero-order valence-corrected chi connectivity index (χ0v) is 10.6. The fourth-order valence-corrected chi connectivity index (χ4v) is 1.83. The molecule has 1 aromatic rings. The molecule has 0 aliphatic heterocycles. The van der Waals surface area contributed by atoms with E-state index < -0.39 is 0 Å². The molecule has 0 spiro atoms. The van der Waals surface area contributed by atoms with E-state index in [4.69, 9.17) is 5.26 Å². The predicted octanol–water partition coefficient (Wildman–Crippen LogP) is 3.52. The van der Waals surface area contributed by atoms with Gasteiger partial charge in [0.1, 0.15) is 5.40 Å². The van der Waals surface area contributed by atoms with Crippen LogP contribution in [0.15, 0.2) is 18.2 Å². The highest BCUT2D eigenvalue weighted by atomic mass is 32.2. The van der Waals surface area contributed by atoms with Crippen molar-refractivity contribution in [2.45, 2.75) is 26.7 Å². The molecule has 0 saturated heterocycles. The van der Waals surface area contributed by atoms with Crippen LogP contribution in [0, 0.1) is 17.6 Å². The van der Waals surface area contributed by atoms with Gasteiger partial charge < -0.3 is 0 Å². The largest absolute Gasteiger partial charge is 0.293 e. The highest BCUT2D eigenvalue weighted by Gasteiger charge is 2.11.